The third-order valence-electron chi connectivity index (χ3n) is 3.77. The lowest BCUT2D eigenvalue weighted by Crippen LogP contribution is -2.21. The average Bonchev–Trinajstić information content (AvgIpc) is 2.41. The molecule has 0 N–H and O–H groups in total. The van der Waals surface area contributed by atoms with Gasteiger partial charge in [-0.2, -0.15) is 11.8 Å². The van der Waals surface area contributed by atoms with E-state index in [1.807, 2.05) is 31.7 Å². The minimum absolute atomic E-state index is 0.259. The van der Waals surface area contributed by atoms with Crippen molar-refractivity contribution >= 4 is 38.7 Å². The Labute approximate surface area is 131 Å². The summed E-state index contributed by atoms with van der Waals surface area (Å²) in [5.74, 6) is 1.25. The summed E-state index contributed by atoms with van der Waals surface area (Å²) in [6.07, 6.45) is 1.52. The summed E-state index contributed by atoms with van der Waals surface area (Å²) in [7, 11) is -3.12. The molecule has 0 aromatic heterocycles. The van der Waals surface area contributed by atoms with E-state index in [4.69, 9.17) is 12.2 Å². The summed E-state index contributed by atoms with van der Waals surface area (Å²) in [5, 5.41) is 0.276. The van der Waals surface area contributed by atoms with Crippen LogP contribution in [0.1, 0.15) is 48.6 Å². The number of sulfone groups is 1. The second-order valence-corrected chi connectivity index (χ2v) is 9.03. The van der Waals surface area contributed by atoms with Crippen molar-refractivity contribution in [3.63, 3.8) is 0 Å². The normalized spacial score (nSPS) is 20.4. The van der Waals surface area contributed by atoms with E-state index in [0.29, 0.717) is 11.3 Å². The minimum atomic E-state index is -3.12. The first kappa shape index (κ1) is 16.0. The van der Waals surface area contributed by atoms with Gasteiger partial charge in [0.05, 0.1) is 10.6 Å². The van der Waals surface area contributed by atoms with Crippen LogP contribution in [-0.2, 0) is 9.84 Å². The van der Waals surface area contributed by atoms with Crippen molar-refractivity contribution < 1.29 is 8.42 Å². The molecule has 0 aliphatic carbocycles. The van der Waals surface area contributed by atoms with Crippen LogP contribution in [0.4, 0.5) is 0 Å². The fourth-order valence-corrected chi connectivity index (χ4v) is 6.03. The summed E-state index contributed by atoms with van der Waals surface area (Å²) in [4.78, 5) is 1.43. The topological polar surface area (TPSA) is 34.1 Å². The van der Waals surface area contributed by atoms with Crippen LogP contribution in [0.2, 0.25) is 0 Å². The Bertz CT molecular complexity index is 633. The maximum absolute atomic E-state index is 12.3. The highest BCUT2D eigenvalue weighted by Crippen LogP contribution is 2.43. The van der Waals surface area contributed by atoms with Crippen LogP contribution in [0.3, 0.4) is 0 Å². The monoisotopic (exact) mass is 328 g/mol. The Balaban J connectivity index is 2.66. The fourth-order valence-electron chi connectivity index (χ4n) is 2.75. The molecule has 0 fully saturated rings. The molecule has 1 heterocycles. The largest absolute Gasteiger partial charge is 0.224 e. The van der Waals surface area contributed by atoms with Crippen molar-refractivity contribution in [2.45, 2.75) is 43.8 Å². The average molecular weight is 329 g/mol. The van der Waals surface area contributed by atoms with Crippen molar-refractivity contribution in [1.82, 2.24) is 0 Å². The zero-order valence-corrected chi connectivity index (χ0v) is 14.6. The second kappa shape index (κ2) is 6.16. The van der Waals surface area contributed by atoms with Gasteiger partial charge in [0.25, 0.3) is 0 Å². The molecule has 1 aliphatic heterocycles. The molecule has 20 heavy (non-hydrogen) atoms. The summed E-state index contributed by atoms with van der Waals surface area (Å²) >= 11 is 7.25. The lowest BCUT2D eigenvalue weighted by molar-refractivity contribution is 0.585. The number of rotatable bonds is 4. The SMILES string of the molecule is CCSC1CCS(=O)(=O)c2ccc(C(=S)CC)c(C)c21. The maximum Gasteiger partial charge on any atom is 0.178 e. The zero-order valence-electron chi connectivity index (χ0n) is 12.1. The molecule has 0 saturated carbocycles. The van der Waals surface area contributed by atoms with Crippen molar-refractivity contribution in [3.05, 3.63) is 28.8 Å². The smallest absolute Gasteiger partial charge is 0.178 e. The number of hydrogen-bond donors (Lipinski definition) is 0. The van der Waals surface area contributed by atoms with E-state index in [0.717, 1.165) is 33.7 Å². The van der Waals surface area contributed by atoms with Gasteiger partial charge in [0.15, 0.2) is 9.84 Å². The van der Waals surface area contributed by atoms with Gasteiger partial charge in [0.2, 0.25) is 0 Å². The van der Waals surface area contributed by atoms with Gasteiger partial charge < -0.3 is 0 Å². The highest BCUT2D eigenvalue weighted by atomic mass is 32.2. The third kappa shape index (κ3) is 2.81. The van der Waals surface area contributed by atoms with E-state index in [2.05, 4.69) is 6.92 Å². The minimum Gasteiger partial charge on any atom is -0.224 e. The Morgan fingerprint density at radius 1 is 1.40 bits per heavy atom. The molecule has 1 unspecified atom stereocenters. The third-order valence-corrected chi connectivity index (χ3v) is 7.28. The first-order chi connectivity index (χ1) is 9.42. The second-order valence-electron chi connectivity index (χ2n) is 4.98. The van der Waals surface area contributed by atoms with Crippen LogP contribution >= 0.6 is 24.0 Å². The van der Waals surface area contributed by atoms with Crippen LogP contribution in [-0.4, -0.2) is 24.8 Å². The number of benzene rings is 1. The zero-order chi connectivity index (χ0) is 14.9. The molecule has 0 amide bonds. The van der Waals surface area contributed by atoms with Crippen molar-refractivity contribution in [3.8, 4) is 0 Å². The standard InChI is InChI=1S/C15H20O2S3/c1-4-12(18)11-6-7-14-15(10(11)3)13(19-5-2)8-9-20(14,16)17/h6-7,13H,4-5,8-9H2,1-3H3. The Hall–Kier alpha value is -0.390. The van der Waals surface area contributed by atoms with Gasteiger partial charge in [-0.05, 0) is 48.3 Å². The summed E-state index contributed by atoms with van der Waals surface area (Å²) in [6.45, 7) is 6.17. The molecule has 110 valence electrons. The Morgan fingerprint density at radius 3 is 2.70 bits per heavy atom. The molecule has 0 radical (unpaired) electrons. The molecular formula is C15H20O2S3. The van der Waals surface area contributed by atoms with E-state index in [1.54, 1.807) is 6.07 Å². The van der Waals surface area contributed by atoms with E-state index in [-0.39, 0.29) is 11.0 Å². The van der Waals surface area contributed by atoms with Crippen LogP contribution in [0.25, 0.3) is 0 Å². The van der Waals surface area contributed by atoms with Gasteiger partial charge in [0.1, 0.15) is 0 Å². The van der Waals surface area contributed by atoms with Crippen LogP contribution in [0.5, 0.6) is 0 Å². The molecule has 1 aromatic rings. The lowest BCUT2D eigenvalue weighted by Gasteiger charge is -2.28. The number of thioether (sulfide) groups is 1. The van der Waals surface area contributed by atoms with Crippen LogP contribution < -0.4 is 0 Å². The predicted molar refractivity (Wildman–Crippen MR) is 90.7 cm³/mol. The summed E-state index contributed by atoms with van der Waals surface area (Å²) < 4.78 is 24.6. The van der Waals surface area contributed by atoms with Gasteiger partial charge in [-0.25, -0.2) is 8.42 Å². The first-order valence-corrected chi connectivity index (χ1v) is 10.0. The molecule has 0 spiro atoms. The van der Waals surface area contributed by atoms with Gasteiger partial charge >= 0.3 is 0 Å². The molecular weight excluding hydrogens is 308 g/mol. The summed E-state index contributed by atoms with van der Waals surface area (Å²) in [5.41, 5.74) is 3.10. The number of hydrogen-bond acceptors (Lipinski definition) is 4. The van der Waals surface area contributed by atoms with Crippen LogP contribution in [0, 0.1) is 6.92 Å². The van der Waals surface area contributed by atoms with Gasteiger partial charge in [0, 0.05) is 10.1 Å². The van der Waals surface area contributed by atoms with E-state index in [1.165, 1.54) is 0 Å². The highest BCUT2D eigenvalue weighted by molar-refractivity contribution is 7.99. The van der Waals surface area contributed by atoms with Crippen molar-refractivity contribution in [2.75, 3.05) is 11.5 Å². The molecule has 1 atom stereocenters. The van der Waals surface area contributed by atoms with E-state index >= 15 is 0 Å². The summed E-state index contributed by atoms with van der Waals surface area (Å²) in [6, 6.07) is 3.65. The lowest BCUT2D eigenvalue weighted by atomic mass is 9.95. The van der Waals surface area contributed by atoms with Crippen molar-refractivity contribution in [1.29, 1.82) is 0 Å². The van der Waals surface area contributed by atoms with Crippen LogP contribution in [0.15, 0.2) is 17.0 Å². The van der Waals surface area contributed by atoms with Gasteiger partial charge in [-0.1, -0.05) is 32.1 Å². The number of thiocarbonyl (C=S) groups is 1. The van der Waals surface area contributed by atoms with E-state index < -0.39 is 9.84 Å². The molecule has 2 rings (SSSR count). The molecule has 5 heteroatoms. The quantitative estimate of drug-likeness (QED) is 0.616. The molecule has 0 saturated heterocycles. The molecule has 1 aromatic carbocycles. The maximum atomic E-state index is 12.3. The number of fused-ring (bicyclic) bond motifs is 1. The predicted octanol–water partition coefficient (Wildman–Crippen LogP) is 4.09. The molecule has 1 aliphatic rings. The Kier molecular flexibility index (Phi) is 4.92. The van der Waals surface area contributed by atoms with Crippen molar-refractivity contribution in [2.24, 2.45) is 0 Å². The Morgan fingerprint density at radius 2 is 2.10 bits per heavy atom. The molecule has 0 bridgehead atoms. The van der Waals surface area contributed by atoms with Gasteiger partial charge in [-0.3, -0.25) is 0 Å². The fraction of sp³-hybridized carbons (Fsp3) is 0.533. The molecule has 2 nitrogen and oxygen atoms in total. The van der Waals surface area contributed by atoms with E-state index in [9.17, 15) is 8.42 Å². The first-order valence-electron chi connectivity index (χ1n) is 6.93. The highest BCUT2D eigenvalue weighted by Gasteiger charge is 2.32. The van der Waals surface area contributed by atoms with Gasteiger partial charge in [-0.15, -0.1) is 0 Å².